The number of hydrogen-bond acceptors (Lipinski definition) is 6. The van der Waals surface area contributed by atoms with Crippen molar-refractivity contribution < 1.29 is 27.5 Å². The van der Waals surface area contributed by atoms with Gasteiger partial charge in [-0.1, -0.05) is 13.0 Å². The number of esters is 1. The lowest BCUT2D eigenvalue weighted by molar-refractivity contribution is -0.117. The zero-order valence-corrected chi connectivity index (χ0v) is 19.2. The molecule has 9 heteroatoms. The van der Waals surface area contributed by atoms with Crippen LogP contribution < -0.4 is 14.4 Å². The first kappa shape index (κ1) is 24.2. The Morgan fingerprint density at radius 1 is 1.13 bits per heavy atom. The molecular weight excluding hydrogens is 420 g/mol. The highest BCUT2D eigenvalue weighted by Crippen LogP contribution is 2.27. The molecule has 0 aliphatic rings. The molecule has 168 valence electrons. The Morgan fingerprint density at radius 2 is 1.84 bits per heavy atom. The fourth-order valence-electron chi connectivity index (χ4n) is 3.17. The SMILES string of the molecule is CCOC(=O)c1ccc(NC(=O)[C@@H](CC)N(c2cccc(OC)c2)S(C)(=O)=O)c(C)c1. The second-order valence-electron chi connectivity index (χ2n) is 6.92. The monoisotopic (exact) mass is 448 g/mol. The van der Waals surface area contributed by atoms with Crippen molar-refractivity contribution in [2.24, 2.45) is 0 Å². The van der Waals surface area contributed by atoms with Gasteiger partial charge in [-0.15, -0.1) is 0 Å². The van der Waals surface area contributed by atoms with E-state index in [-0.39, 0.29) is 13.0 Å². The number of sulfonamides is 1. The molecule has 0 heterocycles. The molecule has 0 saturated carbocycles. The van der Waals surface area contributed by atoms with Crippen LogP contribution in [0.5, 0.6) is 5.75 Å². The van der Waals surface area contributed by atoms with Gasteiger partial charge in [0.2, 0.25) is 15.9 Å². The van der Waals surface area contributed by atoms with Gasteiger partial charge in [-0.2, -0.15) is 0 Å². The van der Waals surface area contributed by atoms with Gasteiger partial charge in [0.1, 0.15) is 11.8 Å². The molecule has 8 nitrogen and oxygen atoms in total. The molecule has 2 rings (SSSR count). The molecular formula is C22H28N2O6S. The number of methoxy groups -OCH3 is 1. The maximum atomic E-state index is 13.1. The summed E-state index contributed by atoms with van der Waals surface area (Å²) in [6.45, 7) is 5.47. The van der Waals surface area contributed by atoms with E-state index in [0.29, 0.717) is 28.3 Å². The van der Waals surface area contributed by atoms with Crippen LogP contribution in [0.2, 0.25) is 0 Å². The summed E-state index contributed by atoms with van der Waals surface area (Å²) in [6, 6.07) is 10.3. The Hall–Kier alpha value is -3.07. The maximum Gasteiger partial charge on any atom is 0.338 e. The van der Waals surface area contributed by atoms with E-state index >= 15 is 0 Å². The summed E-state index contributed by atoms with van der Waals surface area (Å²) >= 11 is 0. The summed E-state index contributed by atoms with van der Waals surface area (Å²) in [5.74, 6) is -0.453. The van der Waals surface area contributed by atoms with Crippen molar-refractivity contribution in [1.29, 1.82) is 0 Å². The molecule has 0 aromatic heterocycles. The topological polar surface area (TPSA) is 102 Å². The number of amides is 1. The van der Waals surface area contributed by atoms with E-state index in [1.807, 2.05) is 0 Å². The lowest BCUT2D eigenvalue weighted by atomic mass is 10.1. The summed E-state index contributed by atoms with van der Waals surface area (Å²) in [6.07, 6.45) is 1.30. The molecule has 0 fully saturated rings. The quantitative estimate of drug-likeness (QED) is 0.590. The van der Waals surface area contributed by atoms with Gasteiger partial charge in [0.05, 0.1) is 31.2 Å². The number of carbonyl (C=O) groups excluding carboxylic acids is 2. The largest absolute Gasteiger partial charge is 0.497 e. The number of nitrogens with zero attached hydrogens (tertiary/aromatic N) is 1. The van der Waals surface area contributed by atoms with Crippen molar-refractivity contribution in [3.8, 4) is 5.75 Å². The van der Waals surface area contributed by atoms with Crippen molar-refractivity contribution in [3.63, 3.8) is 0 Å². The van der Waals surface area contributed by atoms with E-state index in [4.69, 9.17) is 9.47 Å². The van der Waals surface area contributed by atoms with E-state index in [2.05, 4.69) is 5.32 Å². The van der Waals surface area contributed by atoms with Crippen LogP contribution in [0.15, 0.2) is 42.5 Å². The first-order valence-corrected chi connectivity index (χ1v) is 11.7. The Bertz CT molecular complexity index is 1050. The van der Waals surface area contributed by atoms with Crippen LogP contribution in [0, 0.1) is 6.92 Å². The van der Waals surface area contributed by atoms with Crippen molar-refractivity contribution in [2.75, 3.05) is 29.6 Å². The first-order chi connectivity index (χ1) is 14.6. The summed E-state index contributed by atoms with van der Waals surface area (Å²) < 4.78 is 36.4. The number of carbonyl (C=O) groups is 2. The minimum absolute atomic E-state index is 0.246. The van der Waals surface area contributed by atoms with Crippen LogP contribution in [-0.2, 0) is 19.6 Å². The maximum absolute atomic E-state index is 13.1. The average molecular weight is 449 g/mol. The lowest BCUT2D eigenvalue weighted by Gasteiger charge is -2.30. The average Bonchev–Trinajstić information content (AvgIpc) is 2.72. The Labute approximate surface area is 183 Å². The summed E-state index contributed by atoms with van der Waals surface area (Å²) in [5, 5.41) is 2.78. The van der Waals surface area contributed by atoms with Crippen LogP contribution in [-0.4, -0.2) is 46.3 Å². The van der Waals surface area contributed by atoms with Crippen LogP contribution in [0.25, 0.3) is 0 Å². The molecule has 1 N–H and O–H groups in total. The molecule has 0 unspecified atom stereocenters. The molecule has 31 heavy (non-hydrogen) atoms. The summed E-state index contributed by atoms with van der Waals surface area (Å²) in [4.78, 5) is 25.0. The second kappa shape index (κ2) is 10.3. The van der Waals surface area contributed by atoms with E-state index in [1.165, 1.54) is 7.11 Å². The summed E-state index contributed by atoms with van der Waals surface area (Å²) in [5.41, 5.74) is 1.84. The molecule has 0 spiro atoms. The predicted molar refractivity (Wildman–Crippen MR) is 120 cm³/mol. The van der Waals surface area contributed by atoms with E-state index in [9.17, 15) is 18.0 Å². The molecule has 2 aromatic rings. The van der Waals surface area contributed by atoms with Crippen molar-refractivity contribution >= 4 is 33.3 Å². The highest BCUT2D eigenvalue weighted by atomic mass is 32.2. The fraction of sp³-hybridized carbons (Fsp3) is 0.364. The molecule has 0 radical (unpaired) electrons. The van der Waals surface area contributed by atoms with Gasteiger partial charge in [-0.3, -0.25) is 9.10 Å². The highest BCUT2D eigenvalue weighted by molar-refractivity contribution is 7.92. The van der Waals surface area contributed by atoms with Crippen molar-refractivity contribution in [1.82, 2.24) is 0 Å². The highest BCUT2D eigenvalue weighted by Gasteiger charge is 2.32. The number of ether oxygens (including phenoxy) is 2. The molecule has 0 bridgehead atoms. The van der Waals surface area contributed by atoms with Gasteiger partial charge < -0.3 is 14.8 Å². The van der Waals surface area contributed by atoms with Crippen LogP contribution in [0.1, 0.15) is 36.2 Å². The molecule has 1 amide bonds. The number of benzene rings is 2. The molecule has 0 saturated heterocycles. The van der Waals surface area contributed by atoms with Gasteiger partial charge in [0.25, 0.3) is 0 Å². The molecule has 1 atom stereocenters. The van der Waals surface area contributed by atoms with E-state index in [1.54, 1.807) is 63.2 Å². The minimum atomic E-state index is -3.77. The van der Waals surface area contributed by atoms with Crippen LogP contribution >= 0.6 is 0 Å². The molecule has 0 aliphatic carbocycles. The zero-order valence-electron chi connectivity index (χ0n) is 18.3. The van der Waals surface area contributed by atoms with E-state index < -0.39 is 27.9 Å². The van der Waals surface area contributed by atoms with Gasteiger partial charge >= 0.3 is 5.97 Å². The number of anilines is 2. The standard InChI is InChI=1S/C22H28N2O6S/c1-6-20(24(31(5,27)28)17-9-8-10-18(14-17)29-4)21(25)23-19-12-11-16(13-15(19)3)22(26)30-7-2/h8-14,20H,6-7H2,1-5H3,(H,23,25)/t20-/m1/s1. The Morgan fingerprint density at radius 3 is 2.39 bits per heavy atom. The predicted octanol–water partition coefficient (Wildman–Crippen LogP) is 3.36. The van der Waals surface area contributed by atoms with Crippen LogP contribution in [0.3, 0.4) is 0 Å². The summed E-state index contributed by atoms with van der Waals surface area (Å²) in [7, 11) is -2.29. The number of hydrogen-bond donors (Lipinski definition) is 1. The van der Waals surface area contributed by atoms with Gasteiger partial charge in [0.15, 0.2) is 0 Å². The smallest absolute Gasteiger partial charge is 0.338 e. The van der Waals surface area contributed by atoms with Crippen LogP contribution in [0.4, 0.5) is 11.4 Å². The van der Waals surface area contributed by atoms with E-state index in [0.717, 1.165) is 10.6 Å². The first-order valence-electron chi connectivity index (χ1n) is 9.84. The molecule has 0 aliphatic heterocycles. The Kier molecular flexibility index (Phi) is 8.04. The third-order valence-corrected chi connectivity index (χ3v) is 5.81. The fourth-order valence-corrected chi connectivity index (χ4v) is 4.37. The lowest BCUT2D eigenvalue weighted by Crippen LogP contribution is -2.47. The van der Waals surface area contributed by atoms with Gasteiger partial charge in [-0.05, 0) is 56.2 Å². The normalized spacial score (nSPS) is 12.0. The number of nitrogens with one attached hydrogen (secondary N) is 1. The van der Waals surface area contributed by atoms with Gasteiger partial charge in [-0.25, -0.2) is 13.2 Å². The zero-order chi connectivity index (χ0) is 23.2. The minimum Gasteiger partial charge on any atom is -0.497 e. The number of rotatable bonds is 9. The molecule has 2 aromatic carbocycles. The van der Waals surface area contributed by atoms with Crippen molar-refractivity contribution in [3.05, 3.63) is 53.6 Å². The third-order valence-electron chi connectivity index (χ3n) is 4.63. The van der Waals surface area contributed by atoms with Crippen molar-refractivity contribution in [2.45, 2.75) is 33.2 Å². The second-order valence-corrected chi connectivity index (χ2v) is 8.78. The third kappa shape index (κ3) is 5.97. The number of aryl methyl sites for hydroxylation is 1. The van der Waals surface area contributed by atoms with Gasteiger partial charge in [0, 0.05) is 11.8 Å². The Balaban J connectivity index is 2.35.